The minimum absolute atomic E-state index is 0.0499. The Morgan fingerprint density at radius 2 is 1.83 bits per heavy atom. The number of ether oxygens (including phenoxy) is 2. The Bertz CT molecular complexity index is 1340. The van der Waals surface area contributed by atoms with Gasteiger partial charge in [-0.3, -0.25) is 0 Å². The van der Waals surface area contributed by atoms with E-state index in [1.807, 2.05) is 4.57 Å². The number of rotatable bonds is 7. The normalized spacial score (nSPS) is 19.6. The third-order valence-electron chi connectivity index (χ3n) is 6.19. The number of sulfonamides is 1. The van der Waals surface area contributed by atoms with Crippen molar-refractivity contribution in [3.05, 3.63) is 53.3 Å². The topological polar surface area (TPSA) is 73.7 Å². The van der Waals surface area contributed by atoms with Gasteiger partial charge in [0.05, 0.1) is 41.8 Å². The fourth-order valence-corrected chi connectivity index (χ4v) is 6.76. The molecule has 1 atom stereocenters. The molecule has 2 aliphatic rings. The number of hydrogen-bond acceptors (Lipinski definition) is 6. The SMILES string of the molecule is O=S(=O)(c1ccc2c(c1)nc(SCc1c(F)ccc(F)c1F)n2CC1CCCO1)N1CCOCC1. The smallest absolute Gasteiger partial charge is 0.243 e. The number of imidazole rings is 1. The molecule has 35 heavy (non-hydrogen) atoms. The lowest BCUT2D eigenvalue weighted by Crippen LogP contribution is -2.40. The van der Waals surface area contributed by atoms with Crippen molar-refractivity contribution in [2.45, 2.75) is 41.3 Å². The number of hydrogen-bond donors (Lipinski definition) is 0. The van der Waals surface area contributed by atoms with E-state index in [4.69, 9.17) is 9.47 Å². The summed E-state index contributed by atoms with van der Waals surface area (Å²) in [6.45, 7) is 2.35. The Balaban J connectivity index is 1.50. The first kappa shape index (κ1) is 24.6. The zero-order valence-corrected chi connectivity index (χ0v) is 20.4. The van der Waals surface area contributed by atoms with Gasteiger partial charge in [0.15, 0.2) is 16.8 Å². The molecule has 0 saturated carbocycles. The van der Waals surface area contributed by atoms with Gasteiger partial charge in [0, 0.05) is 31.0 Å². The summed E-state index contributed by atoms with van der Waals surface area (Å²) in [7, 11) is -3.72. The molecule has 3 aromatic rings. The molecule has 1 aromatic heterocycles. The summed E-state index contributed by atoms with van der Waals surface area (Å²) in [4.78, 5) is 4.71. The van der Waals surface area contributed by atoms with Crippen molar-refractivity contribution in [2.75, 3.05) is 32.9 Å². The third kappa shape index (κ3) is 4.94. The van der Waals surface area contributed by atoms with E-state index in [0.29, 0.717) is 42.6 Å². The molecule has 12 heteroatoms. The van der Waals surface area contributed by atoms with Crippen LogP contribution in [-0.2, 0) is 31.8 Å². The number of nitrogens with zero attached hydrogens (tertiary/aromatic N) is 3. The summed E-state index contributed by atoms with van der Waals surface area (Å²) in [6.07, 6.45) is 1.74. The van der Waals surface area contributed by atoms with Crippen molar-refractivity contribution >= 4 is 32.8 Å². The molecule has 0 amide bonds. The maximum atomic E-state index is 14.2. The molecule has 0 aliphatic carbocycles. The predicted molar refractivity (Wildman–Crippen MR) is 124 cm³/mol. The van der Waals surface area contributed by atoms with Crippen LogP contribution in [0, 0.1) is 17.5 Å². The molecule has 0 N–H and O–H groups in total. The van der Waals surface area contributed by atoms with E-state index in [1.54, 1.807) is 12.1 Å². The van der Waals surface area contributed by atoms with Crippen molar-refractivity contribution in [1.82, 2.24) is 13.9 Å². The Morgan fingerprint density at radius 1 is 1.06 bits per heavy atom. The quantitative estimate of drug-likeness (QED) is 0.342. The molecule has 2 aliphatic heterocycles. The van der Waals surface area contributed by atoms with Crippen molar-refractivity contribution in [3.8, 4) is 0 Å². The van der Waals surface area contributed by atoms with Crippen LogP contribution in [0.15, 0.2) is 40.4 Å². The van der Waals surface area contributed by atoms with Crippen molar-refractivity contribution in [3.63, 3.8) is 0 Å². The number of morpholine rings is 1. The Morgan fingerprint density at radius 3 is 2.57 bits per heavy atom. The van der Waals surface area contributed by atoms with Gasteiger partial charge in [-0.15, -0.1) is 0 Å². The lowest BCUT2D eigenvalue weighted by Gasteiger charge is -2.26. The summed E-state index contributed by atoms with van der Waals surface area (Å²) >= 11 is 1.06. The van der Waals surface area contributed by atoms with Gasteiger partial charge in [-0.25, -0.2) is 26.6 Å². The van der Waals surface area contributed by atoms with Crippen LogP contribution >= 0.6 is 11.8 Å². The zero-order chi connectivity index (χ0) is 24.6. The average molecular weight is 528 g/mol. The van der Waals surface area contributed by atoms with E-state index in [9.17, 15) is 21.6 Å². The summed E-state index contributed by atoms with van der Waals surface area (Å²) in [5.74, 6) is -3.36. The predicted octanol–water partition coefficient (Wildman–Crippen LogP) is 3.95. The molecular weight excluding hydrogens is 503 g/mol. The Hall–Kier alpha value is -2.12. The van der Waals surface area contributed by atoms with E-state index in [0.717, 1.165) is 36.7 Å². The highest BCUT2D eigenvalue weighted by atomic mass is 32.2. The Kier molecular flexibility index (Phi) is 7.09. The van der Waals surface area contributed by atoms with Gasteiger partial charge in [0.25, 0.3) is 0 Å². The van der Waals surface area contributed by atoms with Crippen LogP contribution in [0.2, 0.25) is 0 Å². The maximum Gasteiger partial charge on any atom is 0.243 e. The second-order valence-electron chi connectivity index (χ2n) is 8.42. The fourth-order valence-electron chi connectivity index (χ4n) is 4.30. The van der Waals surface area contributed by atoms with Crippen LogP contribution in [-0.4, -0.2) is 61.3 Å². The van der Waals surface area contributed by atoms with E-state index < -0.39 is 27.5 Å². The molecule has 2 saturated heterocycles. The summed E-state index contributed by atoms with van der Waals surface area (Å²) in [6, 6.07) is 6.40. The highest BCUT2D eigenvalue weighted by Gasteiger charge is 2.28. The van der Waals surface area contributed by atoms with E-state index in [1.165, 1.54) is 10.4 Å². The maximum absolute atomic E-state index is 14.2. The number of benzene rings is 2. The fraction of sp³-hybridized carbons (Fsp3) is 0.435. The van der Waals surface area contributed by atoms with Crippen LogP contribution in [0.5, 0.6) is 0 Å². The number of halogens is 3. The van der Waals surface area contributed by atoms with Crippen molar-refractivity contribution < 1.29 is 31.1 Å². The van der Waals surface area contributed by atoms with E-state index >= 15 is 0 Å². The molecule has 0 bridgehead atoms. The lowest BCUT2D eigenvalue weighted by molar-refractivity contribution is 0.0730. The largest absolute Gasteiger partial charge is 0.379 e. The van der Waals surface area contributed by atoms with Crippen LogP contribution < -0.4 is 0 Å². The van der Waals surface area contributed by atoms with Gasteiger partial charge in [-0.1, -0.05) is 11.8 Å². The molecule has 7 nitrogen and oxygen atoms in total. The van der Waals surface area contributed by atoms with Gasteiger partial charge in [0.1, 0.15) is 5.82 Å². The number of thioether (sulfide) groups is 1. The molecule has 0 radical (unpaired) electrons. The molecule has 5 rings (SSSR count). The highest BCUT2D eigenvalue weighted by Crippen LogP contribution is 2.32. The van der Waals surface area contributed by atoms with Crippen LogP contribution in [0.25, 0.3) is 11.0 Å². The second kappa shape index (κ2) is 10.1. The number of fused-ring (bicyclic) bond motifs is 1. The zero-order valence-electron chi connectivity index (χ0n) is 18.8. The molecule has 1 unspecified atom stereocenters. The van der Waals surface area contributed by atoms with Crippen molar-refractivity contribution in [1.29, 1.82) is 0 Å². The van der Waals surface area contributed by atoms with Gasteiger partial charge in [-0.2, -0.15) is 4.31 Å². The monoisotopic (exact) mass is 527 g/mol. The second-order valence-corrected chi connectivity index (χ2v) is 11.3. The van der Waals surface area contributed by atoms with Gasteiger partial charge in [-0.05, 0) is 43.2 Å². The summed E-state index contributed by atoms with van der Waals surface area (Å²) in [5, 5.41) is 0.444. The van der Waals surface area contributed by atoms with Gasteiger partial charge >= 0.3 is 0 Å². The highest BCUT2D eigenvalue weighted by molar-refractivity contribution is 7.98. The standard InChI is InChI=1S/C23H24F3N3O4S2/c24-18-4-5-19(25)22(26)17(18)14-34-23-27-20-12-16(35(30,31)28-7-10-32-11-8-28)3-6-21(20)29(23)13-15-2-1-9-33-15/h3-6,12,15H,1-2,7-11,13-14H2. The van der Waals surface area contributed by atoms with Gasteiger partial charge < -0.3 is 14.0 Å². The van der Waals surface area contributed by atoms with E-state index in [2.05, 4.69) is 4.98 Å². The third-order valence-corrected chi connectivity index (χ3v) is 9.08. The average Bonchev–Trinajstić information content (AvgIpc) is 3.50. The minimum atomic E-state index is -3.72. The van der Waals surface area contributed by atoms with Gasteiger partial charge in [0.2, 0.25) is 10.0 Å². The molecule has 3 heterocycles. The first-order valence-corrected chi connectivity index (χ1v) is 13.7. The Labute approximate surface area is 205 Å². The number of aromatic nitrogens is 2. The summed E-state index contributed by atoms with van der Waals surface area (Å²) < 4.78 is 82.5. The van der Waals surface area contributed by atoms with Crippen molar-refractivity contribution in [2.24, 2.45) is 0 Å². The minimum Gasteiger partial charge on any atom is -0.379 e. The first-order valence-electron chi connectivity index (χ1n) is 11.3. The molecule has 0 spiro atoms. The molecule has 2 aromatic carbocycles. The lowest BCUT2D eigenvalue weighted by atomic mass is 10.2. The van der Waals surface area contributed by atoms with E-state index in [-0.39, 0.29) is 35.4 Å². The molecule has 2 fully saturated rings. The van der Waals surface area contributed by atoms with Crippen LogP contribution in [0.4, 0.5) is 13.2 Å². The molecular formula is C23H24F3N3O4S2. The summed E-state index contributed by atoms with van der Waals surface area (Å²) in [5.41, 5.74) is 0.755. The van der Waals surface area contributed by atoms with Crippen LogP contribution in [0.3, 0.4) is 0 Å². The van der Waals surface area contributed by atoms with Crippen LogP contribution in [0.1, 0.15) is 18.4 Å². The first-order chi connectivity index (χ1) is 16.8. The molecule has 188 valence electrons.